The van der Waals surface area contributed by atoms with Crippen LogP contribution >= 0.6 is 0 Å². The number of nitrogens with zero attached hydrogens (tertiary/aromatic N) is 2. The number of hydrogen-bond donors (Lipinski definition) is 0. The Morgan fingerprint density at radius 1 is 1.16 bits per heavy atom. The molecule has 0 bridgehead atoms. The molecule has 1 heterocycles. The molecule has 1 aliphatic rings. The fraction of sp³-hybridized carbons (Fsp3) is 0.125. The fourth-order valence-electron chi connectivity index (χ4n) is 2.19. The molecule has 2 aromatic rings. The van der Waals surface area contributed by atoms with Gasteiger partial charge in [0.1, 0.15) is 5.75 Å². The van der Waals surface area contributed by atoms with Crippen LogP contribution in [-0.2, 0) is 0 Å². The van der Waals surface area contributed by atoms with Crippen LogP contribution in [0, 0.1) is 18.3 Å². The first kappa shape index (κ1) is 11.5. The SMILES string of the molecule is Cc1cccc2c1OC[N+](c1ccc(C#N)cc1)=C2. The molecule has 1 aliphatic heterocycles. The number of para-hydroxylation sites is 1. The first-order valence-electron chi connectivity index (χ1n) is 6.12. The van der Waals surface area contributed by atoms with E-state index in [1.807, 2.05) is 54.0 Å². The Balaban J connectivity index is 2.01. The molecule has 0 spiro atoms. The summed E-state index contributed by atoms with van der Waals surface area (Å²) in [6.07, 6.45) is 2.08. The van der Waals surface area contributed by atoms with Crippen molar-refractivity contribution < 1.29 is 9.31 Å². The lowest BCUT2D eigenvalue weighted by Crippen LogP contribution is -2.21. The third kappa shape index (κ3) is 2.09. The molecule has 3 heteroatoms. The minimum atomic E-state index is 0.490. The molecule has 3 nitrogen and oxygen atoms in total. The van der Waals surface area contributed by atoms with E-state index in [2.05, 4.69) is 12.3 Å². The average Bonchev–Trinajstić information content (AvgIpc) is 2.47. The van der Waals surface area contributed by atoms with Gasteiger partial charge in [-0.15, -0.1) is 0 Å². The number of fused-ring (bicyclic) bond motifs is 1. The van der Waals surface area contributed by atoms with Gasteiger partial charge in [-0.05, 0) is 30.7 Å². The highest BCUT2D eigenvalue weighted by molar-refractivity contribution is 5.82. The van der Waals surface area contributed by atoms with Crippen LogP contribution in [0.1, 0.15) is 16.7 Å². The highest BCUT2D eigenvalue weighted by Crippen LogP contribution is 2.26. The summed E-state index contributed by atoms with van der Waals surface area (Å²) in [7, 11) is 0. The van der Waals surface area contributed by atoms with Crippen molar-refractivity contribution in [2.45, 2.75) is 6.92 Å². The maximum Gasteiger partial charge on any atom is 0.292 e. The van der Waals surface area contributed by atoms with Crippen molar-refractivity contribution in [3.05, 3.63) is 59.2 Å². The van der Waals surface area contributed by atoms with E-state index in [1.165, 1.54) is 0 Å². The maximum absolute atomic E-state index is 8.80. The third-order valence-electron chi connectivity index (χ3n) is 3.21. The lowest BCUT2D eigenvalue weighted by Gasteiger charge is -2.15. The summed E-state index contributed by atoms with van der Waals surface area (Å²) in [6.45, 7) is 2.54. The van der Waals surface area contributed by atoms with Crippen molar-refractivity contribution >= 4 is 11.9 Å². The third-order valence-corrected chi connectivity index (χ3v) is 3.21. The van der Waals surface area contributed by atoms with Gasteiger partial charge < -0.3 is 4.74 Å². The average molecular weight is 249 g/mol. The molecule has 0 unspecified atom stereocenters. The van der Waals surface area contributed by atoms with Gasteiger partial charge in [-0.3, -0.25) is 0 Å². The Morgan fingerprint density at radius 3 is 2.68 bits per heavy atom. The van der Waals surface area contributed by atoms with Crippen LogP contribution < -0.4 is 4.74 Å². The monoisotopic (exact) mass is 249 g/mol. The van der Waals surface area contributed by atoms with Gasteiger partial charge in [0.25, 0.3) is 6.73 Å². The summed E-state index contributed by atoms with van der Waals surface area (Å²) in [6, 6.07) is 15.7. The quantitative estimate of drug-likeness (QED) is 0.728. The Kier molecular flexibility index (Phi) is 2.77. The Labute approximate surface area is 112 Å². The predicted octanol–water partition coefficient (Wildman–Crippen LogP) is 2.98. The van der Waals surface area contributed by atoms with Crippen molar-refractivity contribution in [2.75, 3.05) is 6.73 Å². The zero-order valence-electron chi connectivity index (χ0n) is 10.6. The van der Waals surface area contributed by atoms with E-state index in [1.54, 1.807) is 0 Å². The van der Waals surface area contributed by atoms with Crippen molar-refractivity contribution in [3.63, 3.8) is 0 Å². The summed E-state index contributed by atoms with van der Waals surface area (Å²) >= 11 is 0. The molecule has 0 fully saturated rings. The minimum absolute atomic E-state index is 0.490. The molecule has 0 saturated heterocycles. The second-order valence-electron chi connectivity index (χ2n) is 4.52. The van der Waals surface area contributed by atoms with Gasteiger partial charge in [0.2, 0.25) is 5.69 Å². The maximum atomic E-state index is 8.80. The summed E-state index contributed by atoms with van der Waals surface area (Å²) in [5.74, 6) is 0.951. The molecule has 92 valence electrons. The van der Waals surface area contributed by atoms with Crippen LogP contribution in [0.15, 0.2) is 42.5 Å². The van der Waals surface area contributed by atoms with Crippen molar-refractivity contribution in [1.82, 2.24) is 0 Å². The first-order valence-corrected chi connectivity index (χ1v) is 6.12. The minimum Gasteiger partial charge on any atom is -0.435 e. The normalized spacial score (nSPS) is 12.9. The largest absolute Gasteiger partial charge is 0.435 e. The number of nitriles is 1. The lowest BCUT2D eigenvalue weighted by atomic mass is 10.1. The zero-order valence-corrected chi connectivity index (χ0v) is 10.6. The molecule has 2 aromatic carbocycles. The summed E-state index contributed by atoms with van der Waals surface area (Å²) < 4.78 is 7.84. The molecule has 0 aromatic heterocycles. The van der Waals surface area contributed by atoms with Gasteiger partial charge in [0.05, 0.1) is 17.2 Å². The Bertz CT molecular complexity index is 694. The van der Waals surface area contributed by atoms with Crippen molar-refractivity contribution in [3.8, 4) is 11.8 Å². The molecule has 0 amide bonds. The first-order chi connectivity index (χ1) is 9.28. The van der Waals surface area contributed by atoms with Gasteiger partial charge in [-0.2, -0.15) is 9.84 Å². The highest BCUT2D eigenvalue weighted by atomic mass is 16.5. The Hall–Kier alpha value is -2.60. The predicted molar refractivity (Wildman–Crippen MR) is 72.9 cm³/mol. The van der Waals surface area contributed by atoms with Gasteiger partial charge in [-0.1, -0.05) is 12.1 Å². The smallest absolute Gasteiger partial charge is 0.292 e. The summed E-state index contributed by atoms with van der Waals surface area (Å²) in [5.41, 5.74) is 3.91. The van der Waals surface area contributed by atoms with E-state index in [0.29, 0.717) is 12.3 Å². The van der Waals surface area contributed by atoms with E-state index in [0.717, 1.165) is 22.6 Å². The van der Waals surface area contributed by atoms with Crippen molar-refractivity contribution in [2.24, 2.45) is 0 Å². The van der Waals surface area contributed by atoms with Gasteiger partial charge in [0.15, 0.2) is 6.21 Å². The zero-order chi connectivity index (χ0) is 13.2. The molecule has 0 N–H and O–H groups in total. The fourth-order valence-corrected chi connectivity index (χ4v) is 2.19. The molecule has 0 aliphatic carbocycles. The summed E-state index contributed by atoms with van der Waals surface area (Å²) in [4.78, 5) is 0. The van der Waals surface area contributed by atoms with Crippen LogP contribution in [0.25, 0.3) is 0 Å². The van der Waals surface area contributed by atoms with Gasteiger partial charge >= 0.3 is 0 Å². The molecular formula is C16H13N2O+. The standard InChI is InChI=1S/C16H13N2O/c1-12-3-2-4-14-10-18(11-19-16(12)14)15-7-5-13(9-17)6-8-15/h2-8,10H,11H2,1H3/q+1. The molecule has 0 saturated carbocycles. The number of ether oxygens (including phenoxy) is 1. The van der Waals surface area contributed by atoms with Gasteiger partial charge in [0, 0.05) is 12.1 Å². The van der Waals surface area contributed by atoms with E-state index >= 15 is 0 Å². The molecule has 19 heavy (non-hydrogen) atoms. The highest BCUT2D eigenvalue weighted by Gasteiger charge is 2.19. The number of aryl methyl sites for hydroxylation is 1. The van der Waals surface area contributed by atoms with Crippen LogP contribution in [0.3, 0.4) is 0 Å². The molecule has 3 rings (SSSR count). The van der Waals surface area contributed by atoms with E-state index in [-0.39, 0.29) is 0 Å². The Morgan fingerprint density at radius 2 is 1.95 bits per heavy atom. The van der Waals surface area contributed by atoms with Crippen LogP contribution in [0.2, 0.25) is 0 Å². The number of hydrogen-bond acceptors (Lipinski definition) is 2. The second-order valence-corrected chi connectivity index (χ2v) is 4.52. The molecular weight excluding hydrogens is 236 g/mol. The molecule has 0 radical (unpaired) electrons. The number of benzene rings is 2. The van der Waals surface area contributed by atoms with E-state index < -0.39 is 0 Å². The topological polar surface area (TPSA) is 36.0 Å². The summed E-state index contributed by atoms with van der Waals surface area (Å²) in [5, 5.41) is 8.80. The van der Waals surface area contributed by atoms with E-state index in [4.69, 9.17) is 10.00 Å². The van der Waals surface area contributed by atoms with Crippen LogP contribution in [-0.4, -0.2) is 17.5 Å². The van der Waals surface area contributed by atoms with E-state index in [9.17, 15) is 0 Å². The molecule has 0 atom stereocenters. The van der Waals surface area contributed by atoms with Crippen LogP contribution in [0.5, 0.6) is 5.75 Å². The number of rotatable bonds is 1. The second kappa shape index (κ2) is 4.58. The lowest BCUT2D eigenvalue weighted by molar-refractivity contribution is -0.476. The van der Waals surface area contributed by atoms with Crippen LogP contribution in [0.4, 0.5) is 5.69 Å². The van der Waals surface area contributed by atoms with Crippen molar-refractivity contribution in [1.29, 1.82) is 5.26 Å². The van der Waals surface area contributed by atoms with Gasteiger partial charge in [-0.25, -0.2) is 0 Å².